The molecule has 1 aromatic heterocycles. The standard InChI is InChI=1S/C27H29N3O3/c1-4-33-25(31)14-7-5-6-12-23(20-15-17-22(18-16-20)30(2)3)27(32)29-24-13-8-10-21-11-9-19-28-26(21)24/h5-11,13-19,23H,4,12H2,1-3H3,(H,29,32)/t23-/m0/s1. The quantitative estimate of drug-likeness (QED) is 0.283. The summed E-state index contributed by atoms with van der Waals surface area (Å²) in [4.78, 5) is 31.3. The molecule has 1 amide bonds. The van der Waals surface area contributed by atoms with Crippen LogP contribution in [0.15, 0.2) is 85.1 Å². The summed E-state index contributed by atoms with van der Waals surface area (Å²) in [6, 6.07) is 17.5. The Balaban J connectivity index is 1.82. The molecule has 33 heavy (non-hydrogen) atoms. The number of anilines is 2. The van der Waals surface area contributed by atoms with Crippen molar-refractivity contribution in [3.63, 3.8) is 0 Å². The number of ether oxygens (including phenoxy) is 1. The Bertz CT molecular complexity index is 1150. The van der Waals surface area contributed by atoms with Gasteiger partial charge in [0.2, 0.25) is 5.91 Å². The van der Waals surface area contributed by atoms with E-state index in [2.05, 4.69) is 10.3 Å². The maximum atomic E-state index is 13.4. The molecule has 0 unspecified atom stereocenters. The van der Waals surface area contributed by atoms with Crippen LogP contribution in [0.3, 0.4) is 0 Å². The average molecular weight is 444 g/mol. The van der Waals surface area contributed by atoms with E-state index in [0.717, 1.165) is 22.2 Å². The van der Waals surface area contributed by atoms with Gasteiger partial charge in [-0.3, -0.25) is 9.78 Å². The minimum atomic E-state index is -0.410. The molecule has 170 valence electrons. The van der Waals surface area contributed by atoms with Crippen molar-refractivity contribution in [1.82, 2.24) is 4.98 Å². The van der Waals surface area contributed by atoms with Gasteiger partial charge in [-0.2, -0.15) is 0 Å². The van der Waals surface area contributed by atoms with Crippen LogP contribution in [0.5, 0.6) is 0 Å². The van der Waals surface area contributed by atoms with Gasteiger partial charge in [0.05, 0.1) is 23.7 Å². The van der Waals surface area contributed by atoms with Gasteiger partial charge in [0.15, 0.2) is 0 Å². The largest absolute Gasteiger partial charge is 0.463 e. The van der Waals surface area contributed by atoms with Gasteiger partial charge in [0.25, 0.3) is 0 Å². The van der Waals surface area contributed by atoms with E-state index in [4.69, 9.17) is 4.74 Å². The fourth-order valence-electron chi connectivity index (χ4n) is 3.44. The molecular weight excluding hydrogens is 414 g/mol. The lowest BCUT2D eigenvalue weighted by atomic mass is 9.94. The van der Waals surface area contributed by atoms with Crippen molar-refractivity contribution in [2.45, 2.75) is 19.3 Å². The number of nitrogens with zero attached hydrogens (tertiary/aromatic N) is 2. The number of pyridine rings is 1. The van der Waals surface area contributed by atoms with Crippen molar-refractivity contribution in [1.29, 1.82) is 0 Å². The Hall–Kier alpha value is -3.93. The number of benzene rings is 2. The molecule has 1 heterocycles. The van der Waals surface area contributed by atoms with Crippen LogP contribution >= 0.6 is 0 Å². The van der Waals surface area contributed by atoms with Crippen LogP contribution in [-0.4, -0.2) is 37.6 Å². The molecule has 0 fully saturated rings. The molecule has 0 saturated carbocycles. The summed E-state index contributed by atoms with van der Waals surface area (Å²) >= 11 is 0. The van der Waals surface area contributed by atoms with Gasteiger partial charge in [-0.1, -0.05) is 48.6 Å². The summed E-state index contributed by atoms with van der Waals surface area (Å²) in [6.07, 6.45) is 8.80. The first kappa shape index (κ1) is 23.7. The second-order valence-corrected chi connectivity index (χ2v) is 7.68. The van der Waals surface area contributed by atoms with E-state index < -0.39 is 5.92 Å². The lowest BCUT2D eigenvalue weighted by Crippen LogP contribution is -2.21. The molecular formula is C27H29N3O3. The number of carbonyl (C=O) groups excluding carboxylic acids is 2. The molecule has 1 N–H and O–H groups in total. The van der Waals surface area contributed by atoms with Crippen molar-refractivity contribution in [3.8, 4) is 0 Å². The number of fused-ring (bicyclic) bond motifs is 1. The highest BCUT2D eigenvalue weighted by atomic mass is 16.5. The summed E-state index contributed by atoms with van der Waals surface area (Å²) in [5.41, 5.74) is 3.40. The molecule has 3 aromatic rings. The number of allylic oxidation sites excluding steroid dienone is 3. The second kappa shape index (κ2) is 11.6. The van der Waals surface area contributed by atoms with Crippen molar-refractivity contribution >= 4 is 34.2 Å². The minimum Gasteiger partial charge on any atom is -0.463 e. The number of para-hydroxylation sites is 1. The topological polar surface area (TPSA) is 71.5 Å². The molecule has 3 rings (SSSR count). The van der Waals surface area contributed by atoms with Gasteiger partial charge in [0.1, 0.15) is 0 Å². The van der Waals surface area contributed by atoms with Gasteiger partial charge in [0, 0.05) is 37.4 Å². The van der Waals surface area contributed by atoms with E-state index in [1.54, 1.807) is 25.3 Å². The normalized spacial score (nSPS) is 12.2. The van der Waals surface area contributed by atoms with Crippen LogP contribution in [0.2, 0.25) is 0 Å². The fourth-order valence-corrected chi connectivity index (χ4v) is 3.44. The Labute approximate surface area is 194 Å². The summed E-state index contributed by atoms with van der Waals surface area (Å²) < 4.78 is 4.88. The first-order chi connectivity index (χ1) is 16.0. The lowest BCUT2D eigenvalue weighted by molar-refractivity contribution is -0.137. The zero-order chi connectivity index (χ0) is 23.6. The van der Waals surface area contributed by atoms with E-state index in [0.29, 0.717) is 18.7 Å². The van der Waals surface area contributed by atoms with E-state index in [-0.39, 0.29) is 11.9 Å². The molecule has 6 heteroatoms. The second-order valence-electron chi connectivity index (χ2n) is 7.68. The Morgan fingerprint density at radius 1 is 1.06 bits per heavy atom. The summed E-state index contributed by atoms with van der Waals surface area (Å²) in [5, 5.41) is 4.02. The van der Waals surface area contributed by atoms with Crippen LogP contribution in [0.1, 0.15) is 24.8 Å². The van der Waals surface area contributed by atoms with Gasteiger partial charge in [-0.15, -0.1) is 0 Å². The Kier molecular flexibility index (Phi) is 8.36. The summed E-state index contributed by atoms with van der Waals surface area (Å²) in [6.45, 7) is 2.10. The first-order valence-electron chi connectivity index (χ1n) is 10.9. The number of hydrogen-bond acceptors (Lipinski definition) is 5. The highest BCUT2D eigenvalue weighted by Gasteiger charge is 2.20. The van der Waals surface area contributed by atoms with Gasteiger partial charge in [-0.05, 0) is 43.2 Å². The van der Waals surface area contributed by atoms with E-state index >= 15 is 0 Å². The van der Waals surface area contributed by atoms with Crippen LogP contribution in [0.25, 0.3) is 10.9 Å². The SMILES string of the molecule is CCOC(=O)C=CC=CC[C@H](C(=O)Nc1cccc2cccnc12)c1ccc(N(C)C)cc1. The average Bonchev–Trinajstić information content (AvgIpc) is 2.82. The Morgan fingerprint density at radius 3 is 2.55 bits per heavy atom. The van der Waals surface area contributed by atoms with E-state index in [1.807, 2.05) is 79.7 Å². The zero-order valence-electron chi connectivity index (χ0n) is 19.2. The predicted octanol–water partition coefficient (Wildman–Crippen LogP) is 5.09. The third kappa shape index (κ3) is 6.53. The smallest absolute Gasteiger partial charge is 0.330 e. The molecule has 2 aromatic carbocycles. The molecule has 0 saturated heterocycles. The lowest BCUT2D eigenvalue weighted by Gasteiger charge is -2.18. The first-order valence-corrected chi connectivity index (χ1v) is 10.9. The summed E-state index contributed by atoms with van der Waals surface area (Å²) in [5.74, 6) is -0.920. The predicted molar refractivity (Wildman–Crippen MR) is 133 cm³/mol. The fraction of sp³-hybridized carbons (Fsp3) is 0.222. The molecule has 0 aliphatic rings. The number of aromatic nitrogens is 1. The number of amides is 1. The van der Waals surface area contributed by atoms with Crippen molar-refractivity contribution in [2.75, 3.05) is 30.9 Å². The molecule has 1 atom stereocenters. The number of esters is 1. The monoisotopic (exact) mass is 443 g/mol. The van der Waals surface area contributed by atoms with Crippen molar-refractivity contribution in [3.05, 3.63) is 90.7 Å². The molecule has 0 spiro atoms. The number of rotatable bonds is 9. The zero-order valence-corrected chi connectivity index (χ0v) is 19.2. The molecule has 6 nitrogen and oxygen atoms in total. The van der Waals surface area contributed by atoms with Crippen LogP contribution < -0.4 is 10.2 Å². The van der Waals surface area contributed by atoms with E-state index in [9.17, 15) is 9.59 Å². The van der Waals surface area contributed by atoms with Crippen LogP contribution in [0, 0.1) is 0 Å². The minimum absolute atomic E-state index is 0.121. The maximum absolute atomic E-state index is 13.4. The molecule has 0 bridgehead atoms. The van der Waals surface area contributed by atoms with Crippen molar-refractivity contribution in [2.24, 2.45) is 0 Å². The van der Waals surface area contributed by atoms with E-state index in [1.165, 1.54) is 6.08 Å². The van der Waals surface area contributed by atoms with Gasteiger partial charge in [-0.25, -0.2) is 4.79 Å². The van der Waals surface area contributed by atoms with Gasteiger partial charge >= 0.3 is 5.97 Å². The number of nitrogens with one attached hydrogen (secondary N) is 1. The third-order valence-electron chi connectivity index (χ3n) is 5.16. The van der Waals surface area contributed by atoms with Crippen LogP contribution in [0.4, 0.5) is 11.4 Å². The summed E-state index contributed by atoms with van der Waals surface area (Å²) in [7, 11) is 3.96. The highest BCUT2D eigenvalue weighted by Crippen LogP contribution is 2.27. The molecule has 0 aliphatic heterocycles. The third-order valence-corrected chi connectivity index (χ3v) is 5.16. The highest BCUT2D eigenvalue weighted by molar-refractivity contribution is 6.02. The number of carbonyl (C=O) groups is 2. The van der Waals surface area contributed by atoms with Crippen molar-refractivity contribution < 1.29 is 14.3 Å². The Morgan fingerprint density at radius 2 is 1.82 bits per heavy atom. The number of hydrogen-bond donors (Lipinski definition) is 1. The van der Waals surface area contributed by atoms with Gasteiger partial charge < -0.3 is 15.0 Å². The molecule has 0 aliphatic carbocycles. The van der Waals surface area contributed by atoms with Crippen LogP contribution in [-0.2, 0) is 14.3 Å². The maximum Gasteiger partial charge on any atom is 0.330 e. The molecule has 0 radical (unpaired) electrons.